The van der Waals surface area contributed by atoms with Gasteiger partial charge in [-0.3, -0.25) is 4.90 Å². The van der Waals surface area contributed by atoms with Gasteiger partial charge in [-0.2, -0.15) is 4.80 Å². The zero-order valence-corrected chi connectivity index (χ0v) is 8.48. The number of hydrogen-bond donors (Lipinski definition) is 1. The molecule has 78 valence electrons. The van der Waals surface area contributed by atoms with Gasteiger partial charge in [-0.15, -0.1) is 10.2 Å². The van der Waals surface area contributed by atoms with E-state index in [9.17, 15) is 0 Å². The van der Waals surface area contributed by atoms with Gasteiger partial charge in [0.25, 0.3) is 0 Å². The predicted octanol–water partition coefficient (Wildman–Crippen LogP) is -0.995. The van der Waals surface area contributed by atoms with Crippen LogP contribution in [-0.4, -0.2) is 51.3 Å². The Balaban J connectivity index is 1.89. The van der Waals surface area contributed by atoms with Crippen LogP contribution in [0.15, 0.2) is 0 Å². The quantitative estimate of drug-likeness (QED) is 0.658. The molecule has 0 bridgehead atoms. The maximum absolute atomic E-state index is 4.17. The van der Waals surface area contributed by atoms with E-state index in [4.69, 9.17) is 0 Å². The number of nitrogens with zero attached hydrogens (tertiary/aromatic N) is 5. The highest BCUT2D eigenvalue weighted by molar-refractivity contribution is 4.78. The van der Waals surface area contributed by atoms with Crippen LogP contribution in [0.3, 0.4) is 0 Å². The summed E-state index contributed by atoms with van der Waals surface area (Å²) in [7, 11) is 1.79. The van der Waals surface area contributed by atoms with E-state index in [0.717, 1.165) is 38.5 Å². The fourth-order valence-corrected chi connectivity index (χ4v) is 1.65. The van der Waals surface area contributed by atoms with Crippen LogP contribution in [0.4, 0.5) is 0 Å². The zero-order chi connectivity index (χ0) is 9.80. The Morgan fingerprint density at radius 2 is 2.29 bits per heavy atom. The molecule has 2 heterocycles. The molecule has 0 aromatic carbocycles. The number of rotatable bonds is 2. The third kappa shape index (κ3) is 2.49. The highest BCUT2D eigenvalue weighted by atomic mass is 15.6. The monoisotopic (exact) mass is 196 g/mol. The predicted molar refractivity (Wildman–Crippen MR) is 51.6 cm³/mol. The molecule has 0 aliphatic carbocycles. The molecule has 0 radical (unpaired) electrons. The highest BCUT2D eigenvalue weighted by Crippen LogP contribution is 2.00. The van der Waals surface area contributed by atoms with Crippen molar-refractivity contribution in [3.05, 3.63) is 5.82 Å². The number of tetrazole rings is 1. The minimum Gasteiger partial charge on any atom is -0.315 e. The Kier molecular flexibility index (Phi) is 3.05. The summed E-state index contributed by atoms with van der Waals surface area (Å²) in [5.41, 5.74) is 0. The highest BCUT2D eigenvalue weighted by Gasteiger charge is 2.11. The second kappa shape index (κ2) is 4.47. The van der Waals surface area contributed by atoms with E-state index in [0.29, 0.717) is 0 Å². The minimum absolute atomic E-state index is 0.814. The van der Waals surface area contributed by atoms with Crippen LogP contribution in [0.5, 0.6) is 0 Å². The summed E-state index contributed by atoms with van der Waals surface area (Å²) in [6.07, 6.45) is 1.19. The van der Waals surface area contributed by atoms with Crippen LogP contribution in [0, 0.1) is 0 Å². The Bertz CT molecular complexity index is 275. The summed E-state index contributed by atoms with van der Waals surface area (Å²) >= 11 is 0. The molecule has 2 rings (SSSR count). The minimum atomic E-state index is 0.814. The number of aryl methyl sites for hydroxylation is 1. The summed E-state index contributed by atoms with van der Waals surface area (Å²) in [5.74, 6) is 0.814. The molecule has 0 saturated carbocycles. The fraction of sp³-hybridized carbons (Fsp3) is 0.875. The number of hydrogen-bond acceptors (Lipinski definition) is 5. The molecule has 6 heteroatoms. The van der Waals surface area contributed by atoms with E-state index >= 15 is 0 Å². The van der Waals surface area contributed by atoms with Gasteiger partial charge in [-0.05, 0) is 24.7 Å². The van der Waals surface area contributed by atoms with Crippen molar-refractivity contribution in [3.63, 3.8) is 0 Å². The lowest BCUT2D eigenvalue weighted by molar-refractivity contribution is 0.277. The lowest BCUT2D eigenvalue weighted by Crippen LogP contribution is -2.28. The van der Waals surface area contributed by atoms with Crippen LogP contribution < -0.4 is 5.32 Å². The van der Waals surface area contributed by atoms with Crippen LogP contribution in [0.1, 0.15) is 12.2 Å². The molecule has 1 aromatic rings. The molecule has 1 saturated heterocycles. The van der Waals surface area contributed by atoms with Gasteiger partial charge in [0.15, 0.2) is 5.82 Å². The van der Waals surface area contributed by atoms with Crippen molar-refractivity contribution < 1.29 is 0 Å². The van der Waals surface area contributed by atoms with Crippen molar-refractivity contribution in [3.8, 4) is 0 Å². The van der Waals surface area contributed by atoms with Crippen LogP contribution in [0.2, 0.25) is 0 Å². The summed E-state index contributed by atoms with van der Waals surface area (Å²) in [4.78, 5) is 3.86. The standard InChI is InChI=1S/C8H16N6/c1-13-11-8(10-12-13)7-14-5-2-3-9-4-6-14/h9H,2-7H2,1H3. The van der Waals surface area contributed by atoms with E-state index in [-0.39, 0.29) is 0 Å². The molecular formula is C8H16N6. The molecule has 6 nitrogen and oxygen atoms in total. The van der Waals surface area contributed by atoms with Gasteiger partial charge in [0.05, 0.1) is 13.6 Å². The van der Waals surface area contributed by atoms with Crippen molar-refractivity contribution in [2.75, 3.05) is 26.2 Å². The average Bonchev–Trinajstić information content (AvgIpc) is 2.43. The first-order chi connectivity index (χ1) is 6.84. The first kappa shape index (κ1) is 9.54. The van der Waals surface area contributed by atoms with Gasteiger partial charge in [0.2, 0.25) is 0 Å². The van der Waals surface area contributed by atoms with Crippen molar-refractivity contribution in [1.82, 2.24) is 30.4 Å². The summed E-state index contributed by atoms with van der Waals surface area (Å²) in [5, 5.41) is 15.3. The van der Waals surface area contributed by atoms with Gasteiger partial charge in [0.1, 0.15) is 0 Å². The maximum Gasteiger partial charge on any atom is 0.188 e. The van der Waals surface area contributed by atoms with Gasteiger partial charge in [-0.1, -0.05) is 0 Å². The van der Waals surface area contributed by atoms with Gasteiger partial charge < -0.3 is 5.32 Å². The molecule has 1 aliphatic rings. The molecule has 0 spiro atoms. The molecular weight excluding hydrogens is 180 g/mol. The van der Waals surface area contributed by atoms with Crippen molar-refractivity contribution in [2.45, 2.75) is 13.0 Å². The second-order valence-corrected chi connectivity index (χ2v) is 3.57. The molecule has 14 heavy (non-hydrogen) atoms. The van der Waals surface area contributed by atoms with Gasteiger partial charge in [-0.25, -0.2) is 0 Å². The maximum atomic E-state index is 4.17. The summed E-state index contributed by atoms with van der Waals surface area (Å²) < 4.78 is 0. The Hall–Kier alpha value is -1.01. The SMILES string of the molecule is Cn1nnc(CN2CCCNCC2)n1. The van der Waals surface area contributed by atoms with Crippen LogP contribution >= 0.6 is 0 Å². The van der Waals surface area contributed by atoms with Gasteiger partial charge >= 0.3 is 0 Å². The molecule has 1 N–H and O–H groups in total. The molecule has 1 aliphatic heterocycles. The molecule has 0 atom stereocenters. The van der Waals surface area contributed by atoms with Crippen LogP contribution in [0.25, 0.3) is 0 Å². The molecule has 1 fully saturated rings. The lowest BCUT2D eigenvalue weighted by atomic mass is 10.4. The normalized spacial score (nSPS) is 19.5. The third-order valence-electron chi connectivity index (χ3n) is 2.35. The fourth-order valence-electron chi connectivity index (χ4n) is 1.65. The Morgan fingerprint density at radius 3 is 3.07 bits per heavy atom. The van der Waals surface area contributed by atoms with E-state index in [2.05, 4.69) is 25.6 Å². The Labute approximate surface area is 83.3 Å². The smallest absolute Gasteiger partial charge is 0.188 e. The van der Waals surface area contributed by atoms with E-state index in [1.165, 1.54) is 11.2 Å². The lowest BCUT2D eigenvalue weighted by Gasteiger charge is -2.16. The molecule has 0 unspecified atom stereocenters. The topological polar surface area (TPSA) is 58.9 Å². The van der Waals surface area contributed by atoms with Crippen molar-refractivity contribution >= 4 is 0 Å². The van der Waals surface area contributed by atoms with Crippen molar-refractivity contribution in [2.24, 2.45) is 7.05 Å². The molecule has 0 amide bonds. The second-order valence-electron chi connectivity index (χ2n) is 3.57. The van der Waals surface area contributed by atoms with E-state index in [1.54, 1.807) is 7.05 Å². The molecule has 1 aromatic heterocycles. The van der Waals surface area contributed by atoms with Crippen molar-refractivity contribution in [1.29, 1.82) is 0 Å². The number of nitrogens with one attached hydrogen (secondary N) is 1. The van der Waals surface area contributed by atoms with Gasteiger partial charge in [0, 0.05) is 13.1 Å². The third-order valence-corrected chi connectivity index (χ3v) is 2.35. The summed E-state index contributed by atoms with van der Waals surface area (Å²) in [6.45, 7) is 5.17. The average molecular weight is 196 g/mol. The van der Waals surface area contributed by atoms with E-state index in [1.807, 2.05) is 0 Å². The first-order valence-electron chi connectivity index (χ1n) is 5.00. The summed E-state index contributed by atoms with van der Waals surface area (Å²) in [6, 6.07) is 0. The zero-order valence-electron chi connectivity index (χ0n) is 8.48. The first-order valence-corrected chi connectivity index (χ1v) is 5.00. The largest absolute Gasteiger partial charge is 0.315 e. The number of aromatic nitrogens is 4. The Morgan fingerprint density at radius 1 is 1.36 bits per heavy atom. The van der Waals surface area contributed by atoms with Crippen LogP contribution in [-0.2, 0) is 13.6 Å². The van der Waals surface area contributed by atoms with E-state index < -0.39 is 0 Å².